The molecule has 2 atom stereocenters. The van der Waals surface area contributed by atoms with Crippen molar-refractivity contribution in [2.24, 2.45) is 0 Å². The minimum Gasteiger partial charge on any atom is -0.394 e. The zero-order chi connectivity index (χ0) is 12.9. The molecule has 0 aromatic heterocycles. The highest BCUT2D eigenvalue weighted by Gasteiger charge is 2.28. The third-order valence-corrected chi connectivity index (χ3v) is 3.47. The standard InChI is InChI=1S/C12H25NO4/c1-12(2,16-3)11(15)4-5-13-6-7-17-10(8-13)9-14/h10-11,14-15H,4-9H2,1-3H3. The first-order chi connectivity index (χ1) is 7.99. The first kappa shape index (κ1) is 14.9. The van der Waals surface area contributed by atoms with Gasteiger partial charge in [0, 0.05) is 26.7 Å². The summed E-state index contributed by atoms with van der Waals surface area (Å²) in [7, 11) is 1.61. The van der Waals surface area contributed by atoms with E-state index >= 15 is 0 Å². The molecule has 0 saturated carbocycles. The average molecular weight is 247 g/mol. The summed E-state index contributed by atoms with van der Waals surface area (Å²) in [5.74, 6) is 0. The number of nitrogens with zero attached hydrogens (tertiary/aromatic N) is 1. The number of rotatable bonds is 6. The van der Waals surface area contributed by atoms with Gasteiger partial charge in [-0.25, -0.2) is 0 Å². The topological polar surface area (TPSA) is 62.2 Å². The largest absolute Gasteiger partial charge is 0.394 e. The van der Waals surface area contributed by atoms with E-state index < -0.39 is 11.7 Å². The summed E-state index contributed by atoms with van der Waals surface area (Å²) in [6, 6.07) is 0. The predicted molar refractivity (Wildman–Crippen MR) is 65.0 cm³/mol. The van der Waals surface area contributed by atoms with E-state index in [2.05, 4.69) is 4.90 Å². The Morgan fingerprint density at radius 2 is 2.24 bits per heavy atom. The quantitative estimate of drug-likeness (QED) is 0.684. The summed E-state index contributed by atoms with van der Waals surface area (Å²) in [5.41, 5.74) is -0.511. The van der Waals surface area contributed by atoms with Crippen LogP contribution in [-0.2, 0) is 9.47 Å². The molecule has 0 aromatic rings. The van der Waals surface area contributed by atoms with Gasteiger partial charge in [-0.3, -0.25) is 4.90 Å². The third-order valence-electron chi connectivity index (χ3n) is 3.47. The van der Waals surface area contributed by atoms with Crippen molar-refractivity contribution in [1.82, 2.24) is 4.90 Å². The van der Waals surface area contributed by atoms with Gasteiger partial charge in [0.15, 0.2) is 0 Å². The lowest BCUT2D eigenvalue weighted by atomic mass is 9.98. The van der Waals surface area contributed by atoms with E-state index in [0.717, 1.165) is 19.6 Å². The van der Waals surface area contributed by atoms with Gasteiger partial charge in [0.05, 0.1) is 31.0 Å². The molecule has 0 amide bonds. The van der Waals surface area contributed by atoms with Gasteiger partial charge < -0.3 is 19.7 Å². The van der Waals surface area contributed by atoms with Gasteiger partial charge in [-0.05, 0) is 20.3 Å². The summed E-state index contributed by atoms with van der Waals surface area (Å²) in [6.07, 6.45) is 0.0955. The fourth-order valence-electron chi connectivity index (χ4n) is 1.88. The van der Waals surface area contributed by atoms with Crippen LogP contribution in [-0.4, -0.2) is 72.9 Å². The maximum Gasteiger partial charge on any atom is 0.0932 e. The van der Waals surface area contributed by atoms with E-state index in [4.69, 9.17) is 14.6 Å². The second kappa shape index (κ2) is 6.66. The van der Waals surface area contributed by atoms with E-state index in [1.54, 1.807) is 7.11 Å². The Balaban J connectivity index is 2.30. The van der Waals surface area contributed by atoms with Crippen LogP contribution in [0, 0.1) is 0 Å². The van der Waals surface area contributed by atoms with Crippen LogP contribution in [0.3, 0.4) is 0 Å². The Bertz CT molecular complexity index is 223. The Morgan fingerprint density at radius 1 is 1.53 bits per heavy atom. The summed E-state index contributed by atoms with van der Waals surface area (Å²) < 4.78 is 10.6. The van der Waals surface area contributed by atoms with Crippen LogP contribution in [0.15, 0.2) is 0 Å². The van der Waals surface area contributed by atoms with Crippen LogP contribution in [0.25, 0.3) is 0 Å². The number of aliphatic hydroxyl groups is 2. The van der Waals surface area contributed by atoms with Crippen LogP contribution < -0.4 is 0 Å². The highest BCUT2D eigenvalue weighted by Crippen LogP contribution is 2.17. The van der Waals surface area contributed by atoms with Gasteiger partial charge in [0.25, 0.3) is 0 Å². The van der Waals surface area contributed by atoms with Crippen molar-refractivity contribution in [1.29, 1.82) is 0 Å². The second-order valence-electron chi connectivity index (χ2n) is 5.09. The van der Waals surface area contributed by atoms with Gasteiger partial charge in [0.2, 0.25) is 0 Å². The van der Waals surface area contributed by atoms with E-state index in [1.165, 1.54) is 0 Å². The molecular weight excluding hydrogens is 222 g/mol. The molecule has 17 heavy (non-hydrogen) atoms. The monoisotopic (exact) mass is 247 g/mol. The lowest BCUT2D eigenvalue weighted by Crippen LogP contribution is -2.46. The third kappa shape index (κ3) is 4.52. The number of morpholine rings is 1. The van der Waals surface area contributed by atoms with E-state index in [0.29, 0.717) is 13.0 Å². The molecule has 0 spiro atoms. The number of methoxy groups -OCH3 is 1. The number of aliphatic hydroxyl groups excluding tert-OH is 2. The van der Waals surface area contributed by atoms with Crippen molar-refractivity contribution in [2.75, 3.05) is 40.0 Å². The van der Waals surface area contributed by atoms with Gasteiger partial charge in [-0.2, -0.15) is 0 Å². The van der Waals surface area contributed by atoms with Gasteiger partial charge >= 0.3 is 0 Å². The smallest absolute Gasteiger partial charge is 0.0932 e. The Morgan fingerprint density at radius 3 is 2.82 bits per heavy atom. The fraction of sp³-hybridized carbons (Fsp3) is 1.00. The van der Waals surface area contributed by atoms with Crippen molar-refractivity contribution in [3.63, 3.8) is 0 Å². The molecule has 1 aliphatic heterocycles. The van der Waals surface area contributed by atoms with Gasteiger partial charge in [-0.1, -0.05) is 0 Å². The first-order valence-electron chi connectivity index (χ1n) is 6.17. The fourth-order valence-corrected chi connectivity index (χ4v) is 1.88. The van der Waals surface area contributed by atoms with Gasteiger partial charge in [-0.15, -0.1) is 0 Å². The van der Waals surface area contributed by atoms with Crippen molar-refractivity contribution in [3.05, 3.63) is 0 Å². The molecule has 2 unspecified atom stereocenters. The minimum absolute atomic E-state index is 0.0582. The van der Waals surface area contributed by atoms with Crippen molar-refractivity contribution in [3.8, 4) is 0 Å². The zero-order valence-electron chi connectivity index (χ0n) is 11.1. The average Bonchev–Trinajstić information content (AvgIpc) is 2.36. The molecule has 1 fully saturated rings. The van der Waals surface area contributed by atoms with Crippen LogP contribution >= 0.6 is 0 Å². The molecule has 0 radical (unpaired) electrons. The molecule has 5 nitrogen and oxygen atoms in total. The molecule has 0 bridgehead atoms. The number of hydrogen-bond donors (Lipinski definition) is 2. The molecule has 0 aromatic carbocycles. The lowest BCUT2D eigenvalue weighted by Gasteiger charge is -2.34. The van der Waals surface area contributed by atoms with E-state index in [1.807, 2.05) is 13.8 Å². The molecule has 1 heterocycles. The van der Waals surface area contributed by atoms with Gasteiger partial charge in [0.1, 0.15) is 0 Å². The normalized spacial score (nSPS) is 24.9. The number of ether oxygens (including phenoxy) is 2. The van der Waals surface area contributed by atoms with Crippen LogP contribution in [0.1, 0.15) is 20.3 Å². The Labute approximate surface area is 103 Å². The maximum absolute atomic E-state index is 10.00. The zero-order valence-corrected chi connectivity index (χ0v) is 11.1. The molecule has 1 aliphatic rings. The SMILES string of the molecule is COC(C)(C)C(O)CCN1CCOC(CO)C1. The minimum atomic E-state index is -0.511. The molecule has 1 saturated heterocycles. The van der Waals surface area contributed by atoms with Crippen LogP contribution in [0.5, 0.6) is 0 Å². The Hall–Kier alpha value is -0.200. The van der Waals surface area contributed by atoms with Crippen LogP contribution in [0.4, 0.5) is 0 Å². The maximum atomic E-state index is 10.00. The molecule has 5 heteroatoms. The number of hydrogen-bond acceptors (Lipinski definition) is 5. The Kier molecular flexibility index (Phi) is 5.82. The second-order valence-corrected chi connectivity index (χ2v) is 5.09. The van der Waals surface area contributed by atoms with E-state index in [9.17, 15) is 5.11 Å². The molecule has 102 valence electrons. The van der Waals surface area contributed by atoms with Crippen LogP contribution in [0.2, 0.25) is 0 Å². The van der Waals surface area contributed by atoms with E-state index in [-0.39, 0.29) is 12.7 Å². The summed E-state index contributed by atoms with van der Waals surface area (Å²) in [4.78, 5) is 2.21. The molecule has 1 rings (SSSR count). The molecular formula is C12H25NO4. The van der Waals surface area contributed by atoms with Crippen molar-refractivity contribution in [2.45, 2.75) is 38.1 Å². The highest BCUT2D eigenvalue weighted by atomic mass is 16.5. The highest BCUT2D eigenvalue weighted by molar-refractivity contribution is 4.80. The molecule has 0 aliphatic carbocycles. The summed E-state index contributed by atoms with van der Waals surface area (Å²) >= 11 is 0. The summed E-state index contributed by atoms with van der Waals surface area (Å²) in [5, 5.41) is 19.0. The van der Waals surface area contributed by atoms with Crippen molar-refractivity contribution < 1.29 is 19.7 Å². The predicted octanol–water partition coefficient (Wildman–Crippen LogP) is -0.144. The first-order valence-corrected chi connectivity index (χ1v) is 6.17. The summed E-state index contributed by atoms with van der Waals surface area (Å²) in [6.45, 7) is 6.86. The lowest BCUT2D eigenvalue weighted by molar-refractivity contribution is -0.0899. The van der Waals surface area contributed by atoms with Crippen molar-refractivity contribution >= 4 is 0 Å². The molecule has 2 N–H and O–H groups in total.